The van der Waals surface area contributed by atoms with Crippen LogP contribution in [-0.2, 0) is 4.79 Å². The highest BCUT2D eigenvalue weighted by Gasteiger charge is 2.18. The van der Waals surface area contributed by atoms with Gasteiger partial charge in [-0.15, -0.1) is 5.10 Å². The van der Waals surface area contributed by atoms with Crippen LogP contribution in [0.1, 0.15) is 25.7 Å². The molecular weight excluding hydrogens is 326 g/mol. The first-order valence-corrected chi connectivity index (χ1v) is 8.90. The van der Waals surface area contributed by atoms with E-state index >= 15 is 0 Å². The minimum absolute atomic E-state index is 0.0875. The molecular formula is C16H19N5O2S. The molecule has 0 aliphatic heterocycles. The van der Waals surface area contributed by atoms with Crippen molar-refractivity contribution in [3.63, 3.8) is 0 Å². The Hall–Kier alpha value is -2.35. The Balaban J connectivity index is 1.44. The van der Waals surface area contributed by atoms with Crippen LogP contribution >= 0.6 is 11.8 Å². The van der Waals surface area contributed by atoms with Crippen LogP contribution < -0.4 is 10.6 Å². The van der Waals surface area contributed by atoms with E-state index in [1.54, 1.807) is 0 Å². The molecule has 3 rings (SSSR count). The second-order valence-corrected chi connectivity index (χ2v) is 6.57. The normalized spacial score (nSPS) is 14.5. The van der Waals surface area contributed by atoms with E-state index in [9.17, 15) is 9.59 Å². The van der Waals surface area contributed by atoms with Crippen molar-refractivity contribution in [1.29, 1.82) is 0 Å². The number of imide groups is 1. The Morgan fingerprint density at radius 1 is 1.21 bits per heavy atom. The minimum Gasteiger partial charge on any atom is -0.335 e. The summed E-state index contributed by atoms with van der Waals surface area (Å²) < 4.78 is 0. The fourth-order valence-electron chi connectivity index (χ4n) is 2.62. The lowest BCUT2D eigenvalue weighted by molar-refractivity contribution is -0.117. The first-order chi connectivity index (χ1) is 11.7. The van der Waals surface area contributed by atoms with E-state index in [4.69, 9.17) is 0 Å². The molecule has 1 saturated carbocycles. The summed E-state index contributed by atoms with van der Waals surface area (Å²) in [4.78, 5) is 27.9. The summed E-state index contributed by atoms with van der Waals surface area (Å²) in [5.41, 5.74) is 0.928. The van der Waals surface area contributed by atoms with Crippen LogP contribution in [0.3, 0.4) is 0 Å². The highest BCUT2D eigenvalue weighted by molar-refractivity contribution is 7.99. The maximum Gasteiger partial charge on any atom is 0.321 e. The van der Waals surface area contributed by atoms with E-state index in [2.05, 4.69) is 25.8 Å². The largest absolute Gasteiger partial charge is 0.335 e. The average Bonchev–Trinajstić information content (AvgIpc) is 3.25. The van der Waals surface area contributed by atoms with E-state index < -0.39 is 6.03 Å². The highest BCUT2D eigenvalue weighted by atomic mass is 32.2. The van der Waals surface area contributed by atoms with Crippen LogP contribution in [0, 0.1) is 0 Å². The Morgan fingerprint density at radius 3 is 2.71 bits per heavy atom. The Bertz CT molecular complexity index is 698. The molecule has 1 aliphatic carbocycles. The average molecular weight is 345 g/mol. The van der Waals surface area contributed by atoms with Crippen molar-refractivity contribution in [2.24, 2.45) is 0 Å². The molecule has 2 aromatic rings. The predicted molar refractivity (Wildman–Crippen MR) is 91.5 cm³/mol. The molecule has 0 bridgehead atoms. The smallest absolute Gasteiger partial charge is 0.321 e. The third kappa shape index (κ3) is 4.58. The fourth-order valence-corrected chi connectivity index (χ4v) is 3.22. The maximum atomic E-state index is 11.8. The second kappa shape index (κ2) is 7.96. The Morgan fingerprint density at radius 2 is 1.96 bits per heavy atom. The van der Waals surface area contributed by atoms with Crippen LogP contribution in [0.15, 0.2) is 35.5 Å². The number of rotatable bonds is 5. The zero-order valence-corrected chi connectivity index (χ0v) is 13.9. The number of carbonyl (C=O) groups is 2. The van der Waals surface area contributed by atoms with Gasteiger partial charge in [-0.1, -0.05) is 54.9 Å². The number of nitrogens with zero attached hydrogens (tertiary/aromatic N) is 2. The van der Waals surface area contributed by atoms with Crippen molar-refractivity contribution in [2.75, 3.05) is 5.75 Å². The second-order valence-electron chi connectivity index (χ2n) is 5.62. The van der Waals surface area contributed by atoms with Gasteiger partial charge in [-0.3, -0.25) is 15.2 Å². The summed E-state index contributed by atoms with van der Waals surface area (Å²) in [6.07, 6.45) is 4.22. The molecule has 0 unspecified atom stereocenters. The van der Waals surface area contributed by atoms with Gasteiger partial charge < -0.3 is 5.32 Å². The Labute approximate surface area is 144 Å². The van der Waals surface area contributed by atoms with Crippen molar-refractivity contribution < 1.29 is 9.59 Å². The molecule has 1 aromatic heterocycles. The lowest BCUT2D eigenvalue weighted by atomic mass is 10.2. The number of nitrogens with one attached hydrogen (secondary N) is 3. The van der Waals surface area contributed by atoms with Gasteiger partial charge in [0.25, 0.3) is 0 Å². The molecule has 0 saturated heterocycles. The standard InChI is InChI=1S/C16H19N5O2S/c22-13(18-15(23)17-12-8-4-5-9-12)10-24-16-19-14(20-21-16)11-6-2-1-3-7-11/h1-3,6-7,12H,4-5,8-10H2,(H,19,20,21)(H2,17,18,22,23). The van der Waals surface area contributed by atoms with Crippen LogP contribution in [-0.4, -0.2) is 38.9 Å². The first-order valence-electron chi connectivity index (χ1n) is 7.91. The lowest BCUT2D eigenvalue weighted by Gasteiger charge is -2.11. The zero-order valence-electron chi connectivity index (χ0n) is 13.1. The number of aromatic nitrogens is 3. The molecule has 0 atom stereocenters. The number of hydrogen-bond donors (Lipinski definition) is 3. The highest BCUT2D eigenvalue weighted by Crippen LogP contribution is 2.19. The number of aromatic amines is 1. The molecule has 1 fully saturated rings. The number of carbonyl (C=O) groups excluding carboxylic acids is 2. The van der Waals surface area contributed by atoms with Crippen molar-refractivity contribution in [3.8, 4) is 11.4 Å². The third-order valence-electron chi connectivity index (χ3n) is 3.79. The lowest BCUT2D eigenvalue weighted by Crippen LogP contribution is -2.44. The summed E-state index contributed by atoms with van der Waals surface area (Å²) in [5.74, 6) is 0.378. The van der Waals surface area contributed by atoms with E-state index in [1.807, 2.05) is 30.3 Å². The van der Waals surface area contributed by atoms with Crippen LogP contribution in [0.5, 0.6) is 0 Å². The maximum absolute atomic E-state index is 11.8. The van der Waals surface area contributed by atoms with Crippen molar-refractivity contribution in [1.82, 2.24) is 25.8 Å². The third-order valence-corrected chi connectivity index (χ3v) is 4.64. The van der Waals surface area contributed by atoms with Crippen molar-refractivity contribution in [3.05, 3.63) is 30.3 Å². The molecule has 24 heavy (non-hydrogen) atoms. The van der Waals surface area contributed by atoms with E-state index in [-0.39, 0.29) is 17.7 Å². The molecule has 8 heteroatoms. The molecule has 3 N–H and O–H groups in total. The van der Waals surface area contributed by atoms with Gasteiger partial charge in [0.2, 0.25) is 11.1 Å². The van der Waals surface area contributed by atoms with Gasteiger partial charge >= 0.3 is 6.03 Å². The van der Waals surface area contributed by atoms with Gasteiger partial charge in [0.15, 0.2) is 5.82 Å². The van der Waals surface area contributed by atoms with E-state index in [0.717, 1.165) is 31.2 Å². The van der Waals surface area contributed by atoms with Gasteiger partial charge in [0.05, 0.1) is 5.75 Å². The SMILES string of the molecule is O=C(CSc1n[nH]c(-c2ccccc2)n1)NC(=O)NC1CCCC1. The number of benzene rings is 1. The monoisotopic (exact) mass is 345 g/mol. The molecule has 0 radical (unpaired) electrons. The fraction of sp³-hybridized carbons (Fsp3) is 0.375. The van der Waals surface area contributed by atoms with Crippen LogP contribution in [0.2, 0.25) is 0 Å². The van der Waals surface area contributed by atoms with Gasteiger partial charge in [-0.05, 0) is 12.8 Å². The van der Waals surface area contributed by atoms with E-state index in [0.29, 0.717) is 11.0 Å². The molecule has 0 spiro atoms. The van der Waals surface area contributed by atoms with Crippen molar-refractivity contribution >= 4 is 23.7 Å². The Kier molecular flexibility index (Phi) is 5.47. The van der Waals surface area contributed by atoms with Gasteiger partial charge in [-0.25, -0.2) is 9.78 Å². The summed E-state index contributed by atoms with van der Waals surface area (Å²) in [5, 5.41) is 12.5. The summed E-state index contributed by atoms with van der Waals surface area (Å²) >= 11 is 1.18. The quantitative estimate of drug-likeness (QED) is 0.722. The van der Waals surface area contributed by atoms with Gasteiger partial charge in [0, 0.05) is 11.6 Å². The number of urea groups is 1. The molecule has 1 aliphatic rings. The molecule has 7 nitrogen and oxygen atoms in total. The first kappa shape index (κ1) is 16.5. The van der Waals surface area contributed by atoms with E-state index in [1.165, 1.54) is 11.8 Å². The number of hydrogen-bond acceptors (Lipinski definition) is 5. The minimum atomic E-state index is -0.424. The summed E-state index contributed by atoms with van der Waals surface area (Å²) in [6.45, 7) is 0. The predicted octanol–water partition coefficient (Wildman–Crippen LogP) is 2.33. The topological polar surface area (TPSA) is 99.8 Å². The number of amides is 3. The van der Waals surface area contributed by atoms with Gasteiger partial charge in [0.1, 0.15) is 0 Å². The zero-order chi connectivity index (χ0) is 16.8. The van der Waals surface area contributed by atoms with Crippen molar-refractivity contribution in [2.45, 2.75) is 36.9 Å². The molecule has 3 amide bonds. The number of H-pyrrole nitrogens is 1. The molecule has 126 valence electrons. The molecule has 1 aromatic carbocycles. The molecule has 1 heterocycles. The van der Waals surface area contributed by atoms with Crippen LogP contribution in [0.4, 0.5) is 4.79 Å². The summed E-state index contributed by atoms with van der Waals surface area (Å²) in [7, 11) is 0. The summed E-state index contributed by atoms with van der Waals surface area (Å²) in [6, 6.07) is 9.38. The van der Waals surface area contributed by atoms with Gasteiger partial charge in [-0.2, -0.15) is 0 Å². The van der Waals surface area contributed by atoms with Crippen LogP contribution in [0.25, 0.3) is 11.4 Å². The number of thioether (sulfide) groups is 1.